The number of hydrogen-bond donors (Lipinski definition) is 2. The van der Waals surface area contributed by atoms with Gasteiger partial charge in [-0.25, -0.2) is 4.68 Å². The van der Waals surface area contributed by atoms with E-state index in [0.29, 0.717) is 11.1 Å². The van der Waals surface area contributed by atoms with Crippen LogP contribution in [0.2, 0.25) is 0 Å². The molecule has 7 nitrogen and oxygen atoms in total. The zero-order valence-electron chi connectivity index (χ0n) is 11.3. The molecule has 0 unspecified atom stereocenters. The molecule has 1 aromatic carbocycles. The van der Waals surface area contributed by atoms with Crippen LogP contribution in [0.1, 0.15) is 18.6 Å². The molecule has 2 N–H and O–H groups in total. The van der Waals surface area contributed by atoms with Crippen molar-refractivity contribution >= 4 is 16.9 Å². The van der Waals surface area contributed by atoms with Crippen LogP contribution >= 0.6 is 0 Å². The summed E-state index contributed by atoms with van der Waals surface area (Å²) in [5, 5.41) is 28.0. The number of aliphatic hydroxyl groups is 1. The number of carbonyl (C=O) groups is 1. The Morgan fingerprint density at radius 3 is 2.86 bits per heavy atom. The number of carboxylic acid groups (broad SMARTS) is 1. The first-order chi connectivity index (χ1) is 10.0. The second kappa shape index (κ2) is 5.02. The monoisotopic (exact) mass is 286 g/mol. The molecule has 0 radical (unpaired) electrons. The molecule has 0 spiro atoms. The Balaban J connectivity index is 2.17. The van der Waals surface area contributed by atoms with Crippen LogP contribution in [-0.2, 0) is 11.3 Å². The number of fused-ring (bicyclic) bond motifs is 1. The predicted octanol–water partition coefficient (Wildman–Crippen LogP) is 1.36. The quantitative estimate of drug-likeness (QED) is 0.755. The highest BCUT2D eigenvalue weighted by atomic mass is 16.4. The normalized spacial score (nSPS) is 12.7. The highest BCUT2D eigenvalue weighted by molar-refractivity contribution is 5.82. The molecule has 0 aliphatic carbocycles. The summed E-state index contributed by atoms with van der Waals surface area (Å²) in [6.45, 7) is 1.47. The highest BCUT2D eigenvalue weighted by Crippen LogP contribution is 2.26. The lowest BCUT2D eigenvalue weighted by atomic mass is 10.1. The molecule has 0 saturated carbocycles. The molecule has 0 saturated heterocycles. The first kappa shape index (κ1) is 13.3. The molecule has 2 aromatic heterocycles. The van der Waals surface area contributed by atoms with E-state index in [2.05, 4.69) is 10.2 Å². The average Bonchev–Trinajstić information content (AvgIpc) is 3.04. The number of rotatable bonds is 4. The second-order valence-corrected chi connectivity index (χ2v) is 4.82. The maximum Gasteiger partial charge on any atom is 0.325 e. The third-order valence-corrected chi connectivity index (χ3v) is 3.20. The standard InChI is InChI=1S/C14H14N4O3/c1-9(19)11-6-12-10(7-17(16-12)8-14(20)21)5-13(11)18-4-2-3-15-18/h2-7,9,19H,8H2,1H3,(H,20,21)/t9-/m1/s1. The summed E-state index contributed by atoms with van der Waals surface area (Å²) >= 11 is 0. The Morgan fingerprint density at radius 2 is 2.24 bits per heavy atom. The number of aliphatic hydroxyl groups excluding tert-OH is 1. The molecular weight excluding hydrogens is 272 g/mol. The number of aliphatic carboxylic acids is 1. The molecule has 0 bridgehead atoms. The van der Waals surface area contributed by atoms with Crippen LogP contribution in [0, 0.1) is 0 Å². The fourth-order valence-electron chi connectivity index (χ4n) is 2.29. The van der Waals surface area contributed by atoms with Crippen molar-refractivity contribution < 1.29 is 15.0 Å². The molecular formula is C14H14N4O3. The summed E-state index contributed by atoms with van der Waals surface area (Å²) in [5.41, 5.74) is 2.08. The Bertz CT molecular complexity index is 790. The van der Waals surface area contributed by atoms with Crippen molar-refractivity contribution in [2.24, 2.45) is 0 Å². The largest absolute Gasteiger partial charge is 0.480 e. The number of carboxylic acids is 1. The van der Waals surface area contributed by atoms with Gasteiger partial charge >= 0.3 is 5.97 Å². The Kier molecular flexibility index (Phi) is 3.19. The number of benzene rings is 1. The first-order valence-corrected chi connectivity index (χ1v) is 6.45. The maximum atomic E-state index is 10.8. The van der Waals surface area contributed by atoms with Crippen LogP contribution in [0.5, 0.6) is 0 Å². The minimum atomic E-state index is -0.953. The number of aromatic nitrogens is 4. The summed E-state index contributed by atoms with van der Waals surface area (Å²) in [7, 11) is 0. The Labute approximate surface area is 120 Å². The third-order valence-electron chi connectivity index (χ3n) is 3.20. The average molecular weight is 286 g/mol. The van der Waals surface area contributed by atoms with E-state index >= 15 is 0 Å². The van der Waals surface area contributed by atoms with Crippen molar-refractivity contribution in [3.8, 4) is 5.69 Å². The molecule has 7 heteroatoms. The van der Waals surface area contributed by atoms with Crippen molar-refractivity contribution in [1.29, 1.82) is 0 Å². The van der Waals surface area contributed by atoms with Gasteiger partial charge in [-0.2, -0.15) is 10.2 Å². The second-order valence-electron chi connectivity index (χ2n) is 4.82. The summed E-state index contributed by atoms with van der Waals surface area (Å²) in [4.78, 5) is 10.8. The van der Waals surface area contributed by atoms with E-state index in [0.717, 1.165) is 11.1 Å². The molecule has 0 aliphatic heterocycles. The third kappa shape index (κ3) is 2.50. The van der Waals surface area contributed by atoms with Gasteiger partial charge in [-0.3, -0.25) is 9.48 Å². The van der Waals surface area contributed by atoms with E-state index in [1.165, 1.54) is 4.68 Å². The van der Waals surface area contributed by atoms with E-state index < -0.39 is 12.1 Å². The first-order valence-electron chi connectivity index (χ1n) is 6.45. The van der Waals surface area contributed by atoms with E-state index in [1.807, 2.05) is 6.07 Å². The Hall–Kier alpha value is -2.67. The minimum Gasteiger partial charge on any atom is -0.480 e. The topological polar surface area (TPSA) is 93.2 Å². The van der Waals surface area contributed by atoms with Crippen molar-refractivity contribution in [3.05, 3.63) is 42.4 Å². The zero-order chi connectivity index (χ0) is 15.0. The molecule has 1 atom stereocenters. The molecule has 0 fully saturated rings. The van der Waals surface area contributed by atoms with Crippen LogP contribution in [0.3, 0.4) is 0 Å². The van der Waals surface area contributed by atoms with Gasteiger partial charge < -0.3 is 10.2 Å². The van der Waals surface area contributed by atoms with Gasteiger partial charge in [-0.15, -0.1) is 0 Å². The number of nitrogens with zero attached hydrogens (tertiary/aromatic N) is 4. The molecule has 21 heavy (non-hydrogen) atoms. The molecule has 108 valence electrons. The van der Waals surface area contributed by atoms with Gasteiger partial charge in [0.1, 0.15) is 6.54 Å². The van der Waals surface area contributed by atoms with Gasteiger partial charge in [-0.1, -0.05) is 0 Å². The van der Waals surface area contributed by atoms with E-state index in [9.17, 15) is 9.90 Å². The summed E-state index contributed by atoms with van der Waals surface area (Å²) in [5.74, 6) is -0.953. The van der Waals surface area contributed by atoms with E-state index in [4.69, 9.17) is 5.11 Å². The van der Waals surface area contributed by atoms with Crippen molar-refractivity contribution in [2.75, 3.05) is 0 Å². The summed E-state index contributed by atoms with van der Waals surface area (Å²) in [6, 6.07) is 5.40. The van der Waals surface area contributed by atoms with Crippen LogP contribution in [-0.4, -0.2) is 35.7 Å². The minimum absolute atomic E-state index is 0.199. The smallest absolute Gasteiger partial charge is 0.325 e. The van der Waals surface area contributed by atoms with Gasteiger partial charge in [0.25, 0.3) is 0 Å². The lowest BCUT2D eigenvalue weighted by Gasteiger charge is -2.12. The van der Waals surface area contributed by atoms with Crippen molar-refractivity contribution in [3.63, 3.8) is 0 Å². The predicted molar refractivity (Wildman–Crippen MR) is 75.1 cm³/mol. The van der Waals surface area contributed by atoms with Gasteiger partial charge in [0.05, 0.1) is 17.3 Å². The Morgan fingerprint density at radius 1 is 1.43 bits per heavy atom. The maximum absolute atomic E-state index is 10.8. The van der Waals surface area contributed by atoms with Gasteiger partial charge in [-0.05, 0) is 25.1 Å². The molecule has 0 aliphatic rings. The van der Waals surface area contributed by atoms with Gasteiger partial charge in [0.2, 0.25) is 0 Å². The fraction of sp³-hybridized carbons (Fsp3) is 0.214. The van der Waals surface area contributed by atoms with Crippen molar-refractivity contribution in [2.45, 2.75) is 19.6 Å². The lowest BCUT2D eigenvalue weighted by Crippen LogP contribution is -2.08. The van der Waals surface area contributed by atoms with Crippen LogP contribution in [0.15, 0.2) is 36.8 Å². The van der Waals surface area contributed by atoms with Crippen LogP contribution in [0.25, 0.3) is 16.6 Å². The van der Waals surface area contributed by atoms with Gasteiger partial charge in [0, 0.05) is 29.5 Å². The highest BCUT2D eigenvalue weighted by Gasteiger charge is 2.14. The summed E-state index contributed by atoms with van der Waals surface area (Å²) in [6.07, 6.45) is 4.43. The molecule has 3 aromatic rings. The SMILES string of the molecule is C[C@@H](O)c1cc2nn(CC(=O)O)cc2cc1-n1cccn1. The van der Waals surface area contributed by atoms with Crippen LogP contribution in [0.4, 0.5) is 0 Å². The van der Waals surface area contributed by atoms with Crippen molar-refractivity contribution in [1.82, 2.24) is 19.6 Å². The lowest BCUT2D eigenvalue weighted by molar-refractivity contribution is -0.137. The molecule has 2 heterocycles. The fourth-order valence-corrected chi connectivity index (χ4v) is 2.29. The van der Waals surface area contributed by atoms with E-state index in [1.54, 1.807) is 42.3 Å². The van der Waals surface area contributed by atoms with Crippen LogP contribution < -0.4 is 0 Å². The number of hydrogen-bond acceptors (Lipinski definition) is 4. The summed E-state index contributed by atoms with van der Waals surface area (Å²) < 4.78 is 3.03. The molecule has 0 amide bonds. The van der Waals surface area contributed by atoms with Gasteiger partial charge in [0.15, 0.2) is 0 Å². The molecule has 3 rings (SSSR count). The zero-order valence-corrected chi connectivity index (χ0v) is 11.3. The van der Waals surface area contributed by atoms with E-state index in [-0.39, 0.29) is 6.54 Å².